The van der Waals surface area contributed by atoms with Gasteiger partial charge < -0.3 is 25.0 Å². The molecular weight excluding hydrogens is 406 g/mol. The molecule has 0 aromatic heterocycles. The Morgan fingerprint density at radius 3 is 2.25 bits per heavy atom. The van der Waals surface area contributed by atoms with Crippen LogP contribution in [-0.2, 0) is 6.54 Å². The second kappa shape index (κ2) is 9.87. The van der Waals surface area contributed by atoms with Crippen molar-refractivity contribution < 1.29 is 19.1 Å². The number of carbonyl (C=O) groups excluding carboxylic acids is 2. The van der Waals surface area contributed by atoms with Crippen molar-refractivity contribution in [1.82, 2.24) is 4.90 Å². The summed E-state index contributed by atoms with van der Waals surface area (Å²) in [5.41, 5.74) is 2.75. The summed E-state index contributed by atoms with van der Waals surface area (Å²) in [6, 6.07) is 21.4. The molecule has 1 heterocycles. The molecule has 0 atom stereocenters. The van der Waals surface area contributed by atoms with Crippen LogP contribution in [0.5, 0.6) is 11.5 Å². The van der Waals surface area contributed by atoms with Crippen LogP contribution in [0.15, 0.2) is 72.8 Å². The fraction of sp³-hybridized carbons (Fsp3) is 0.200. The Morgan fingerprint density at radius 2 is 1.53 bits per heavy atom. The van der Waals surface area contributed by atoms with Gasteiger partial charge in [-0.15, -0.1) is 0 Å². The van der Waals surface area contributed by atoms with Crippen molar-refractivity contribution in [3.05, 3.63) is 83.9 Å². The third-order valence-electron chi connectivity index (χ3n) is 5.10. The molecule has 0 radical (unpaired) electrons. The Balaban J connectivity index is 1.40. The quantitative estimate of drug-likeness (QED) is 0.590. The number of amides is 3. The first-order chi connectivity index (χ1) is 15.6. The van der Waals surface area contributed by atoms with Crippen LogP contribution in [0.4, 0.5) is 16.2 Å². The van der Waals surface area contributed by atoms with Crippen LogP contribution < -0.4 is 20.1 Å². The summed E-state index contributed by atoms with van der Waals surface area (Å²) in [5, 5.41) is 5.53. The SMILES string of the molecule is CCN(Cc1cccc2c1OCCO2)C(=O)c1ccc(NC(=O)Nc2ccccc2)cc1. The van der Waals surface area contributed by atoms with Gasteiger partial charge in [0.05, 0.1) is 0 Å². The van der Waals surface area contributed by atoms with Gasteiger partial charge in [-0.3, -0.25) is 4.79 Å². The van der Waals surface area contributed by atoms with Crippen LogP contribution in [0.2, 0.25) is 0 Å². The minimum atomic E-state index is -0.346. The molecule has 3 aromatic carbocycles. The summed E-state index contributed by atoms with van der Waals surface area (Å²) < 4.78 is 11.4. The Hall–Kier alpha value is -4.00. The molecule has 0 unspecified atom stereocenters. The van der Waals surface area contributed by atoms with E-state index in [1.54, 1.807) is 29.2 Å². The van der Waals surface area contributed by atoms with Crippen molar-refractivity contribution >= 4 is 23.3 Å². The van der Waals surface area contributed by atoms with Crippen molar-refractivity contribution in [3.63, 3.8) is 0 Å². The van der Waals surface area contributed by atoms with E-state index in [9.17, 15) is 9.59 Å². The highest BCUT2D eigenvalue weighted by Gasteiger charge is 2.20. The van der Waals surface area contributed by atoms with Gasteiger partial charge in [-0.05, 0) is 49.4 Å². The third-order valence-corrected chi connectivity index (χ3v) is 5.10. The van der Waals surface area contributed by atoms with Crippen LogP contribution in [0.3, 0.4) is 0 Å². The molecule has 0 saturated heterocycles. The normalized spacial score (nSPS) is 12.0. The predicted molar refractivity (Wildman–Crippen MR) is 123 cm³/mol. The molecule has 164 valence electrons. The number of hydrogen-bond acceptors (Lipinski definition) is 4. The van der Waals surface area contributed by atoms with E-state index in [4.69, 9.17) is 9.47 Å². The number of benzene rings is 3. The Labute approximate surface area is 187 Å². The molecule has 4 rings (SSSR count). The zero-order chi connectivity index (χ0) is 22.3. The zero-order valence-electron chi connectivity index (χ0n) is 17.8. The van der Waals surface area contributed by atoms with Gasteiger partial charge in [-0.25, -0.2) is 4.79 Å². The van der Waals surface area contributed by atoms with E-state index in [2.05, 4.69) is 10.6 Å². The molecule has 0 aliphatic carbocycles. The fourth-order valence-corrected chi connectivity index (χ4v) is 3.49. The highest BCUT2D eigenvalue weighted by Crippen LogP contribution is 2.34. The molecule has 0 saturated carbocycles. The molecule has 0 fully saturated rings. The lowest BCUT2D eigenvalue weighted by molar-refractivity contribution is 0.0749. The molecule has 0 bridgehead atoms. The van der Waals surface area contributed by atoms with Crippen LogP contribution in [0.25, 0.3) is 0 Å². The number of carbonyl (C=O) groups is 2. The highest BCUT2D eigenvalue weighted by atomic mass is 16.6. The number of fused-ring (bicyclic) bond motifs is 1. The predicted octanol–water partition coefficient (Wildman–Crippen LogP) is 4.76. The Morgan fingerprint density at radius 1 is 0.844 bits per heavy atom. The van der Waals surface area contributed by atoms with E-state index in [-0.39, 0.29) is 11.9 Å². The molecule has 1 aliphatic rings. The minimum absolute atomic E-state index is 0.0953. The molecule has 3 amide bonds. The van der Waals surface area contributed by atoms with E-state index in [0.29, 0.717) is 54.7 Å². The van der Waals surface area contributed by atoms with Crippen LogP contribution in [0, 0.1) is 0 Å². The monoisotopic (exact) mass is 431 g/mol. The van der Waals surface area contributed by atoms with Gasteiger partial charge in [-0.1, -0.05) is 30.3 Å². The van der Waals surface area contributed by atoms with Gasteiger partial charge in [0.15, 0.2) is 11.5 Å². The number of rotatable bonds is 6. The number of anilines is 2. The van der Waals surface area contributed by atoms with Gasteiger partial charge in [0.1, 0.15) is 13.2 Å². The van der Waals surface area contributed by atoms with E-state index >= 15 is 0 Å². The zero-order valence-corrected chi connectivity index (χ0v) is 17.8. The van der Waals surface area contributed by atoms with Crippen LogP contribution in [-0.4, -0.2) is 36.6 Å². The van der Waals surface area contributed by atoms with Gasteiger partial charge >= 0.3 is 6.03 Å². The standard InChI is InChI=1S/C25H25N3O4/c1-2-28(17-19-7-6-10-22-23(19)32-16-15-31-22)24(29)18-11-13-21(14-12-18)27-25(30)26-20-8-4-3-5-9-20/h3-14H,2,15-17H2,1H3,(H2,26,27,30). The number of nitrogens with zero attached hydrogens (tertiary/aromatic N) is 1. The van der Waals surface area contributed by atoms with E-state index in [0.717, 1.165) is 5.56 Å². The number of para-hydroxylation sites is 2. The largest absolute Gasteiger partial charge is 0.486 e. The van der Waals surface area contributed by atoms with Crippen molar-refractivity contribution in [3.8, 4) is 11.5 Å². The first-order valence-corrected chi connectivity index (χ1v) is 10.5. The smallest absolute Gasteiger partial charge is 0.323 e. The van der Waals surface area contributed by atoms with Gasteiger partial charge in [0.25, 0.3) is 5.91 Å². The van der Waals surface area contributed by atoms with Gasteiger partial charge in [0.2, 0.25) is 0 Å². The van der Waals surface area contributed by atoms with Crippen LogP contribution in [0.1, 0.15) is 22.8 Å². The molecular formula is C25H25N3O4. The topological polar surface area (TPSA) is 79.9 Å². The number of nitrogens with one attached hydrogen (secondary N) is 2. The summed E-state index contributed by atoms with van der Waals surface area (Å²) in [6.07, 6.45) is 0. The second-order valence-electron chi connectivity index (χ2n) is 7.28. The van der Waals surface area contributed by atoms with Crippen molar-refractivity contribution in [2.75, 3.05) is 30.4 Å². The summed E-state index contributed by atoms with van der Waals surface area (Å²) >= 11 is 0. The number of ether oxygens (including phenoxy) is 2. The third kappa shape index (κ3) is 5.00. The second-order valence-corrected chi connectivity index (χ2v) is 7.28. The van der Waals surface area contributed by atoms with E-state index in [1.807, 2.05) is 55.5 Å². The first kappa shape index (κ1) is 21.2. The average molecular weight is 431 g/mol. The molecule has 32 heavy (non-hydrogen) atoms. The van der Waals surface area contributed by atoms with Crippen LogP contribution >= 0.6 is 0 Å². The van der Waals surface area contributed by atoms with Crippen molar-refractivity contribution in [1.29, 1.82) is 0 Å². The lowest BCUT2D eigenvalue weighted by Gasteiger charge is -2.25. The van der Waals surface area contributed by atoms with Gasteiger partial charge in [0, 0.05) is 35.6 Å². The molecule has 1 aliphatic heterocycles. The van der Waals surface area contributed by atoms with Crippen molar-refractivity contribution in [2.45, 2.75) is 13.5 Å². The summed E-state index contributed by atoms with van der Waals surface area (Å²) in [5.74, 6) is 1.32. The van der Waals surface area contributed by atoms with E-state index < -0.39 is 0 Å². The molecule has 2 N–H and O–H groups in total. The summed E-state index contributed by atoms with van der Waals surface area (Å²) in [7, 11) is 0. The maximum absolute atomic E-state index is 13.1. The number of urea groups is 1. The number of hydrogen-bond donors (Lipinski definition) is 2. The summed E-state index contributed by atoms with van der Waals surface area (Å²) in [4.78, 5) is 27.0. The lowest BCUT2D eigenvalue weighted by Crippen LogP contribution is -2.31. The van der Waals surface area contributed by atoms with E-state index in [1.165, 1.54) is 0 Å². The first-order valence-electron chi connectivity index (χ1n) is 10.5. The molecule has 7 heteroatoms. The fourth-order valence-electron chi connectivity index (χ4n) is 3.49. The molecule has 0 spiro atoms. The lowest BCUT2D eigenvalue weighted by atomic mass is 10.1. The highest BCUT2D eigenvalue weighted by molar-refractivity contribution is 6.00. The summed E-state index contributed by atoms with van der Waals surface area (Å²) in [6.45, 7) is 3.92. The van der Waals surface area contributed by atoms with Crippen molar-refractivity contribution in [2.24, 2.45) is 0 Å². The average Bonchev–Trinajstić information content (AvgIpc) is 2.83. The van der Waals surface area contributed by atoms with Gasteiger partial charge in [-0.2, -0.15) is 0 Å². The molecule has 7 nitrogen and oxygen atoms in total. The minimum Gasteiger partial charge on any atom is -0.486 e. The maximum atomic E-state index is 13.1. The maximum Gasteiger partial charge on any atom is 0.323 e. The molecule has 3 aromatic rings. The Kier molecular flexibility index (Phi) is 6.55. The Bertz CT molecular complexity index is 1080.